The van der Waals surface area contributed by atoms with Crippen molar-refractivity contribution in [3.8, 4) is 0 Å². The zero-order chi connectivity index (χ0) is 14.2. The number of nitrogens with one attached hydrogen (secondary N) is 1. The standard InChI is InChI=1S/C13H15ClN2O3/c1-13(2,3)19-11(17)7-16-10-6-8(14)4-5-9(10)15-12(16)18/h4-6H,7H2,1-3H3,(H,15,18). The second kappa shape index (κ2) is 4.74. The Labute approximate surface area is 115 Å². The molecule has 0 aliphatic rings. The van der Waals surface area contributed by atoms with Gasteiger partial charge in [0.2, 0.25) is 0 Å². The highest BCUT2D eigenvalue weighted by molar-refractivity contribution is 6.31. The summed E-state index contributed by atoms with van der Waals surface area (Å²) in [5.74, 6) is -0.463. The lowest BCUT2D eigenvalue weighted by Crippen LogP contribution is -2.29. The second-order valence-corrected chi connectivity index (χ2v) is 5.70. The van der Waals surface area contributed by atoms with Gasteiger partial charge in [0.15, 0.2) is 0 Å². The molecule has 0 saturated heterocycles. The Morgan fingerprint density at radius 1 is 1.42 bits per heavy atom. The van der Waals surface area contributed by atoms with Gasteiger partial charge in [0.25, 0.3) is 0 Å². The molecule has 0 atom stereocenters. The molecule has 0 radical (unpaired) electrons. The molecular weight excluding hydrogens is 268 g/mol. The van der Waals surface area contributed by atoms with Gasteiger partial charge in [-0.05, 0) is 39.0 Å². The number of imidazole rings is 1. The molecule has 5 nitrogen and oxygen atoms in total. The first-order valence-electron chi connectivity index (χ1n) is 5.86. The van der Waals surface area contributed by atoms with E-state index in [9.17, 15) is 9.59 Å². The van der Waals surface area contributed by atoms with Crippen LogP contribution < -0.4 is 5.69 Å². The molecule has 0 unspecified atom stereocenters. The van der Waals surface area contributed by atoms with Crippen LogP contribution in [-0.4, -0.2) is 21.1 Å². The zero-order valence-electron chi connectivity index (χ0n) is 11.0. The average molecular weight is 283 g/mol. The van der Waals surface area contributed by atoms with Crippen LogP contribution in [-0.2, 0) is 16.1 Å². The number of esters is 1. The minimum absolute atomic E-state index is 0.142. The number of rotatable bonds is 2. The summed E-state index contributed by atoms with van der Waals surface area (Å²) in [5.41, 5.74) is 0.286. The quantitative estimate of drug-likeness (QED) is 0.860. The molecule has 6 heteroatoms. The molecule has 0 saturated carbocycles. The molecule has 0 aliphatic carbocycles. The fraction of sp³-hybridized carbons (Fsp3) is 0.385. The monoisotopic (exact) mass is 282 g/mol. The molecule has 19 heavy (non-hydrogen) atoms. The molecule has 1 heterocycles. The zero-order valence-corrected chi connectivity index (χ0v) is 11.7. The number of aromatic amines is 1. The van der Waals surface area contributed by atoms with Gasteiger partial charge in [-0.15, -0.1) is 0 Å². The van der Waals surface area contributed by atoms with Gasteiger partial charge in [-0.3, -0.25) is 9.36 Å². The summed E-state index contributed by atoms with van der Waals surface area (Å²) in [4.78, 5) is 26.2. The van der Waals surface area contributed by atoms with Crippen molar-refractivity contribution in [2.24, 2.45) is 0 Å². The van der Waals surface area contributed by atoms with Crippen molar-refractivity contribution in [3.63, 3.8) is 0 Å². The van der Waals surface area contributed by atoms with Gasteiger partial charge in [-0.25, -0.2) is 4.79 Å². The van der Waals surface area contributed by atoms with Crippen molar-refractivity contribution in [1.29, 1.82) is 0 Å². The molecule has 102 valence electrons. The molecule has 0 amide bonds. The highest BCUT2D eigenvalue weighted by atomic mass is 35.5. The summed E-state index contributed by atoms with van der Waals surface area (Å²) in [6, 6.07) is 5.02. The first-order valence-corrected chi connectivity index (χ1v) is 6.24. The minimum atomic E-state index is -0.579. The number of ether oxygens (including phenoxy) is 1. The molecule has 0 bridgehead atoms. The van der Waals surface area contributed by atoms with Crippen LogP contribution in [0.5, 0.6) is 0 Å². The Bertz CT molecular complexity index is 679. The van der Waals surface area contributed by atoms with Gasteiger partial charge in [0.05, 0.1) is 11.0 Å². The second-order valence-electron chi connectivity index (χ2n) is 5.26. The molecule has 2 rings (SSSR count). The van der Waals surface area contributed by atoms with Crippen LogP contribution in [0.4, 0.5) is 0 Å². The third-order valence-electron chi connectivity index (χ3n) is 2.44. The van der Waals surface area contributed by atoms with E-state index < -0.39 is 11.6 Å². The van der Waals surface area contributed by atoms with Crippen molar-refractivity contribution in [1.82, 2.24) is 9.55 Å². The molecule has 1 aromatic heterocycles. The van der Waals surface area contributed by atoms with Crippen LogP contribution in [0, 0.1) is 0 Å². The molecule has 0 spiro atoms. The highest BCUT2D eigenvalue weighted by Crippen LogP contribution is 2.17. The van der Waals surface area contributed by atoms with E-state index in [1.807, 2.05) is 0 Å². The lowest BCUT2D eigenvalue weighted by atomic mass is 10.2. The van der Waals surface area contributed by atoms with Crippen LogP contribution in [0.15, 0.2) is 23.0 Å². The maximum absolute atomic E-state index is 11.8. The van der Waals surface area contributed by atoms with E-state index >= 15 is 0 Å². The normalized spacial score (nSPS) is 11.8. The van der Waals surface area contributed by atoms with Crippen molar-refractivity contribution in [2.45, 2.75) is 32.9 Å². The van der Waals surface area contributed by atoms with Crippen molar-refractivity contribution < 1.29 is 9.53 Å². The predicted octanol–water partition coefficient (Wildman–Crippen LogP) is 2.32. The van der Waals surface area contributed by atoms with Gasteiger partial charge in [0, 0.05) is 5.02 Å². The SMILES string of the molecule is CC(C)(C)OC(=O)Cn1c(=O)[nH]c2ccc(Cl)cc21. The van der Waals surface area contributed by atoms with E-state index in [2.05, 4.69) is 4.98 Å². The number of benzene rings is 1. The van der Waals surface area contributed by atoms with E-state index in [4.69, 9.17) is 16.3 Å². The molecule has 0 aliphatic heterocycles. The summed E-state index contributed by atoms with van der Waals surface area (Å²) in [5, 5.41) is 0.504. The Hall–Kier alpha value is -1.75. The van der Waals surface area contributed by atoms with E-state index in [1.54, 1.807) is 39.0 Å². The summed E-state index contributed by atoms with van der Waals surface area (Å²) in [6.45, 7) is 5.19. The van der Waals surface area contributed by atoms with Gasteiger partial charge in [-0.2, -0.15) is 0 Å². The van der Waals surface area contributed by atoms with Crippen LogP contribution >= 0.6 is 11.6 Å². The summed E-state index contributed by atoms with van der Waals surface area (Å²) in [7, 11) is 0. The Morgan fingerprint density at radius 3 is 2.74 bits per heavy atom. The number of hydrogen-bond donors (Lipinski definition) is 1. The number of carbonyl (C=O) groups excluding carboxylic acids is 1. The lowest BCUT2D eigenvalue weighted by molar-refractivity contribution is -0.155. The maximum Gasteiger partial charge on any atom is 0.327 e. The van der Waals surface area contributed by atoms with Gasteiger partial charge in [-0.1, -0.05) is 11.6 Å². The number of carbonyl (C=O) groups is 1. The summed E-state index contributed by atoms with van der Waals surface area (Å²) >= 11 is 5.90. The third-order valence-corrected chi connectivity index (χ3v) is 2.68. The van der Waals surface area contributed by atoms with E-state index in [0.29, 0.717) is 16.1 Å². The molecule has 0 fully saturated rings. The van der Waals surface area contributed by atoms with Gasteiger partial charge >= 0.3 is 11.7 Å². The number of halogens is 1. The highest BCUT2D eigenvalue weighted by Gasteiger charge is 2.18. The predicted molar refractivity (Wildman–Crippen MR) is 73.4 cm³/mol. The Balaban J connectivity index is 2.35. The van der Waals surface area contributed by atoms with Crippen LogP contribution in [0.3, 0.4) is 0 Å². The largest absolute Gasteiger partial charge is 0.459 e. The topological polar surface area (TPSA) is 64.1 Å². The van der Waals surface area contributed by atoms with E-state index in [-0.39, 0.29) is 12.2 Å². The van der Waals surface area contributed by atoms with Crippen molar-refractivity contribution >= 4 is 28.6 Å². The minimum Gasteiger partial charge on any atom is -0.459 e. The average Bonchev–Trinajstić information content (AvgIpc) is 2.53. The van der Waals surface area contributed by atoms with Crippen molar-refractivity contribution in [2.75, 3.05) is 0 Å². The smallest absolute Gasteiger partial charge is 0.327 e. The van der Waals surface area contributed by atoms with Gasteiger partial charge in [0.1, 0.15) is 12.1 Å². The molecule has 1 aromatic carbocycles. The van der Waals surface area contributed by atoms with Crippen LogP contribution in [0.1, 0.15) is 20.8 Å². The Kier molecular flexibility index (Phi) is 3.41. The first-order chi connectivity index (χ1) is 8.76. The molecule has 1 N–H and O–H groups in total. The van der Waals surface area contributed by atoms with Crippen LogP contribution in [0.2, 0.25) is 5.02 Å². The summed E-state index contributed by atoms with van der Waals surface area (Å²) in [6.07, 6.45) is 0. The van der Waals surface area contributed by atoms with E-state index in [0.717, 1.165) is 0 Å². The molecule has 2 aromatic rings. The molecular formula is C13H15ClN2O3. The number of hydrogen-bond acceptors (Lipinski definition) is 3. The van der Waals surface area contributed by atoms with Crippen LogP contribution in [0.25, 0.3) is 11.0 Å². The lowest BCUT2D eigenvalue weighted by Gasteiger charge is -2.19. The fourth-order valence-electron chi connectivity index (χ4n) is 1.79. The van der Waals surface area contributed by atoms with Crippen molar-refractivity contribution in [3.05, 3.63) is 33.7 Å². The Morgan fingerprint density at radius 2 is 2.11 bits per heavy atom. The number of nitrogens with zero attached hydrogens (tertiary/aromatic N) is 1. The number of H-pyrrole nitrogens is 1. The maximum atomic E-state index is 11.8. The first kappa shape index (κ1) is 13.7. The number of aromatic nitrogens is 2. The third kappa shape index (κ3) is 3.17. The van der Waals surface area contributed by atoms with E-state index in [1.165, 1.54) is 4.57 Å². The van der Waals surface area contributed by atoms with Gasteiger partial charge < -0.3 is 9.72 Å². The fourth-order valence-corrected chi connectivity index (χ4v) is 1.95. The summed E-state index contributed by atoms with van der Waals surface area (Å²) < 4.78 is 6.51. The number of fused-ring (bicyclic) bond motifs is 1.